The minimum absolute atomic E-state index is 0.0158. The zero-order valence-electron chi connectivity index (χ0n) is 16.5. The summed E-state index contributed by atoms with van der Waals surface area (Å²) < 4.78 is 0. The summed E-state index contributed by atoms with van der Waals surface area (Å²) in [6, 6.07) is 5.74. The molecule has 2 unspecified atom stereocenters. The molecule has 0 fully saturated rings. The molecule has 0 saturated heterocycles. The molecule has 1 rings (SSSR count). The molecule has 0 bridgehead atoms. The Morgan fingerprint density at radius 2 is 2.00 bits per heavy atom. The van der Waals surface area contributed by atoms with Crippen LogP contribution in [0.2, 0.25) is 0 Å². The summed E-state index contributed by atoms with van der Waals surface area (Å²) >= 11 is 0. The number of pyridine rings is 1. The first kappa shape index (κ1) is 21.4. The molecule has 1 amide bonds. The first-order valence-electron chi connectivity index (χ1n) is 9.17. The minimum Gasteiger partial charge on any atom is -0.350 e. The number of amides is 1. The molecular formula is C23H30N2O. The highest BCUT2D eigenvalue weighted by Crippen LogP contribution is 2.16. The lowest BCUT2D eigenvalue weighted by molar-refractivity contribution is -0.118. The molecule has 2 atom stereocenters. The van der Waals surface area contributed by atoms with Crippen molar-refractivity contribution < 1.29 is 4.79 Å². The Labute approximate surface area is 158 Å². The normalized spacial score (nSPS) is 14.2. The van der Waals surface area contributed by atoms with Gasteiger partial charge in [0.2, 0.25) is 5.91 Å². The molecule has 0 spiro atoms. The molecule has 3 nitrogen and oxygen atoms in total. The number of nitrogens with zero attached hydrogens (tertiary/aromatic N) is 1. The van der Waals surface area contributed by atoms with E-state index in [0.29, 0.717) is 11.6 Å². The number of nitrogens with one attached hydrogen (secondary N) is 1. The molecule has 1 N–H and O–H groups in total. The molecule has 3 heteroatoms. The number of allylic oxidation sites excluding steroid dienone is 4. The predicted molar refractivity (Wildman–Crippen MR) is 109 cm³/mol. The first-order valence-corrected chi connectivity index (χ1v) is 9.17. The fraction of sp³-hybridized carbons (Fsp3) is 0.391. The van der Waals surface area contributed by atoms with Gasteiger partial charge in [-0.15, -0.1) is 0 Å². The van der Waals surface area contributed by atoms with Crippen molar-refractivity contribution in [2.75, 3.05) is 0 Å². The van der Waals surface area contributed by atoms with Crippen LogP contribution in [0.25, 0.3) is 0 Å². The van der Waals surface area contributed by atoms with Crippen LogP contribution in [0.15, 0.2) is 60.3 Å². The van der Waals surface area contributed by atoms with Gasteiger partial charge in [0.15, 0.2) is 0 Å². The Morgan fingerprint density at radius 1 is 1.27 bits per heavy atom. The molecule has 138 valence electrons. The van der Waals surface area contributed by atoms with E-state index in [9.17, 15) is 4.79 Å². The maximum atomic E-state index is 12.7. The van der Waals surface area contributed by atoms with Gasteiger partial charge >= 0.3 is 0 Å². The number of aromatic nitrogens is 1. The maximum Gasteiger partial charge on any atom is 0.247 e. The first-order chi connectivity index (χ1) is 12.4. The van der Waals surface area contributed by atoms with E-state index in [2.05, 4.69) is 56.4 Å². The van der Waals surface area contributed by atoms with E-state index < -0.39 is 0 Å². The van der Waals surface area contributed by atoms with Gasteiger partial charge in [-0.25, -0.2) is 4.98 Å². The van der Waals surface area contributed by atoms with Crippen LogP contribution in [0.3, 0.4) is 0 Å². The van der Waals surface area contributed by atoms with Gasteiger partial charge in [0, 0.05) is 23.4 Å². The largest absolute Gasteiger partial charge is 0.350 e. The van der Waals surface area contributed by atoms with Crippen LogP contribution in [-0.4, -0.2) is 16.9 Å². The topological polar surface area (TPSA) is 42.0 Å². The number of hydrogen-bond donors (Lipinski definition) is 1. The third kappa shape index (κ3) is 7.11. The molecule has 0 aromatic carbocycles. The SMILES string of the molecule is C=CC(C#Cc1ccccn1)=CC=C(C(=O)NC(C)C(C)C)C(C)CC. The van der Waals surface area contributed by atoms with Crippen molar-refractivity contribution in [1.29, 1.82) is 0 Å². The summed E-state index contributed by atoms with van der Waals surface area (Å²) in [6.45, 7) is 14.2. The standard InChI is InChI=1S/C23H30N2O/c1-7-18(5)22(23(26)25-19(6)17(3)4)15-13-20(8-2)12-14-21-11-9-10-16-24-21/h8-11,13,15-19H,2,7H2,1,3-6H3,(H,25,26). The zero-order chi connectivity index (χ0) is 19.5. The van der Waals surface area contributed by atoms with Crippen molar-refractivity contribution >= 4 is 5.91 Å². The summed E-state index contributed by atoms with van der Waals surface area (Å²) in [5, 5.41) is 3.09. The molecular weight excluding hydrogens is 320 g/mol. The molecule has 0 radical (unpaired) electrons. The van der Waals surface area contributed by atoms with E-state index in [1.165, 1.54) is 0 Å². The second-order valence-electron chi connectivity index (χ2n) is 6.73. The zero-order valence-corrected chi connectivity index (χ0v) is 16.5. The van der Waals surface area contributed by atoms with Crippen LogP contribution in [0, 0.1) is 23.7 Å². The van der Waals surface area contributed by atoms with Crippen molar-refractivity contribution in [3.05, 3.63) is 66.0 Å². The van der Waals surface area contributed by atoms with E-state index >= 15 is 0 Å². The molecule has 0 aliphatic carbocycles. The Kier molecular flexibility index (Phi) is 9.15. The van der Waals surface area contributed by atoms with Crippen LogP contribution >= 0.6 is 0 Å². The highest BCUT2D eigenvalue weighted by molar-refractivity contribution is 5.94. The minimum atomic E-state index is -0.0158. The van der Waals surface area contributed by atoms with Crippen LogP contribution in [0.1, 0.15) is 46.7 Å². The van der Waals surface area contributed by atoms with E-state index in [1.54, 1.807) is 12.3 Å². The predicted octanol–water partition coefficient (Wildman–Crippen LogP) is 4.68. The van der Waals surface area contributed by atoms with Crippen molar-refractivity contribution in [2.45, 2.75) is 47.1 Å². The van der Waals surface area contributed by atoms with E-state index in [0.717, 1.165) is 17.6 Å². The fourth-order valence-electron chi connectivity index (χ4n) is 2.05. The number of rotatable bonds is 7. The lowest BCUT2D eigenvalue weighted by Crippen LogP contribution is -2.38. The summed E-state index contributed by atoms with van der Waals surface area (Å²) in [6.07, 6.45) is 8.01. The van der Waals surface area contributed by atoms with Gasteiger partial charge < -0.3 is 5.32 Å². The lowest BCUT2D eigenvalue weighted by Gasteiger charge is -2.20. The van der Waals surface area contributed by atoms with Gasteiger partial charge in [0.25, 0.3) is 0 Å². The maximum absolute atomic E-state index is 12.7. The van der Waals surface area contributed by atoms with E-state index in [1.807, 2.05) is 37.3 Å². The van der Waals surface area contributed by atoms with E-state index in [4.69, 9.17) is 0 Å². The molecule has 26 heavy (non-hydrogen) atoms. The Bertz CT molecular complexity index is 718. The molecule has 1 aromatic heterocycles. The number of carbonyl (C=O) groups excluding carboxylic acids is 1. The van der Waals surface area contributed by atoms with Crippen molar-refractivity contribution in [2.24, 2.45) is 11.8 Å². The molecule has 0 aliphatic heterocycles. The highest BCUT2D eigenvalue weighted by Gasteiger charge is 2.18. The quantitative estimate of drug-likeness (QED) is 0.441. The van der Waals surface area contributed by atoms with E-state index in [-0.39, 0.29) is 17.9 Å². The molecule has 1 heterocycles. The average molecular weight is 351 g/mol. The summed E-state index contributed by atoms with van der Waals surface area (Å²) in [5.41, 5.74) is 2.22. The monoisotopic (exact) mass is 350 g/mol. The Morgan fingerprint density at radius 3 is 2.54 bits per heavy atom. The fourth-order valence-corrected chi connectivity index (χ4v) is 2.05. The Balaban J connectivity index is 3.06. The molecule has 0 saturated carbocycles. The Hall–Kier alpha value is -2.60. The summed E-state index contributed by atoms with van der Waals surface area (Å²) in [7, 11) is 0. The van der Waals surface area contributed by atoms with Gasteiger partial charge in [-0.2, -0.15) is 0 Å². The van der Waals surface area contributed by atoms with Gasteiger partial charge in [-0.3, -0.25) is 4.79 Å². The van der Waals surface area contributed by atoms with Gasteiger partial charge in [0.1, 0.15) is 5.69 Å². The molecule has 1 aromatic rings. The second-order valence-corrected chi connectivity index (χ2v) is 6.73. The summed E-state index contributed by atoms with van der Waals surface area (Å²) in [5.74, 6) is 6.60. The molecule has 0 aliphatic rings. The lowest BCUT2D eigenvalue weighted by atomic mass is 9.95. The van der Waals surface area contributed by atoms with Crippen LogP contribution in [0.5, 0.6) is 0 Å². The smallest absolute Gasteiger partial charge is 0.247 e. The van der Waals surface area contributed by atoms with Crippen molar-refractivity contribution in [3.63, 3.8) is 0 Å². The van der Waals surface area contributed by atoms with Gasteiger partial charge in [-0.05, 0) is 49.3 Å². The average Bonchev–Trinajstić information content (AvgIpc) is 2.64. The second kappa shape index (κ2) is 11.1. The van der Waals surface area contributed by atoms with Crippen molar-refractivity contribution in [3.8, 4) is 11.8 Å². The number of carbonyl (C=O) groups is 1. The summed E-state index contributed by atoms with van der Waals surface area (Å²) in [4.78, 5) is 16.8. The van der Waals surface area contributed by atoms with Crippen LogP contribution in [-0.2, 0) is 4.79 Å². The number of hydrogen-bond acceptors (Lipinski definition) is 2. The highest BCUT2D eigenvalue weighted by atomic mass is 16.1. The van der Waals surface area contributed by atoms with Gasteiger partial charge in [-0.1, -0.05) is 58.4 Å². The van der Waals surface area contributed by atoms with Gasteiger partial charge in [0.05, 0.1) is 0 Å². The van der Waals surface area contributed by atoms with Crippen molar-refractivity contribution in [1.82, 2.24) is 10.3 Å². The third-order valence-electron chi connectivity index (χ3n) is 4.43. The van der Waals surface area contributed by atoms with Crippen LogP contribution < -0.4 is 5.32 Å². The third-order valence-corrected chi connectivity index (χ3v) is 4.43. The van der Waals surface area contributed by atoms with Crippen LogP contribution in [0.4, 0.5) is 0 Å².